The zero-order valence-electron chi connectivity index (χ0n) is 11.8. The Morgan fingerprint density at radius 3 is 2.35 bits per heavy atom. The number of nitrogens with zero attached hydrogens (tertiary/aromatic N) is 1. The molecule has 0 aliphatic carbocycles. The Bertz CT molecular complexity index is 657. The number of carbonyl (C=O) groups excluding carboxylic acids is 2. The van der Waals surface area contributed by atoms with Gasteiger partial charge < -0.3 is 14.0 Å². The summed E-state index contributed by atoms with van der Waals surface area (Å²) in [4.78, 5) is 23.5. The van der Waals surface area contributed by atoms with Crippen LogP contribution in [-0.4, -0.2) is 29.7 Å². The number of aromatic nitrogens is 1. The van der Waals surface area contributed by atoms with Crippen LogP contribution in [0.25, 0.3) is 10.9 Å². The number of fused-ring (bicyclic) bond motifs is 1. The summed E-state index contributed by atoms with van der Waals surface area (Å²) < 4.78 is 11.7. The van der Waals surface area contributed by atoms with Crippen molar-refractivity contribution in [2.45, 2.75) is 13.8 Å². The first-order chi connectivity index (χ1) is 9.58. The third kappa shape index (κ3) is 2.52. The first kappa shape index (κ1) is 14.1. The van der Waals surface area contributed by atoms with E-state index in [2.05, 4.69) is 0 Å². The number of hydrogen-bond donors (Lipinski definition) is 0. The minimum absolute atomic E-state index is 0.328. The van der Waals surface area contributed by atoms with Crippen LogP contribution in [0.2, 0.25) is 0 Å². The maximum Gasteiger partial charge on any atom is 0.354 e. The van der Waals surface area contributed by atoms with Crippen molar-refractivity contribution >= 4 is 22.8 Å². The fraction of sp³-hybridized carbons (Fsp3) is 0.333. The number of rotatable bonds is 4. The molecule has 0 saturated heterocycles. The maximum atomic E-state index is 11.8. The van der Waals surface area contributed by atoms with Crippen LogP contribution >= 0.6 is 0 Å². The van der Waals surface area contributed by atoms with Gasteiger partial charge in [0.1, 0.15) is 5.69 Å². The van der Waals surface area contributed by atoms with Crippen molar-refractivity contribution in [3.8, 4) is 0 Å². The second-order valence-corrected chi connectivity index (χ2v) is 4.30. The highest BCUT2D eigenvalue weighted by atomic mass is 16.5. The molecule has 0 bridgehead atoms. The summed E-state index contributed by atoms with van der Waals surface area (Å²) in [6.45, 7) is 4.19. The van der Waals surface area contributed by atoms with Crippen molar-refractivity contribution in [3.05, 3.63) is 35.5 Å². The Hall–Kier alpha value is -2.30. The second kappa shape index (κ2) is 5.77. The lowest BCUT2D eigenvalue weighted by molar-refractivity contribution is 0.0510. The van der Waals surface area contributed by atoms with Crippen LogP contribution < -0.4 is 0 Å². The molecule has 0 unspecified atom stereocenters. The van der Waals surface area contributed by atoms with Crippen molar-refractivity contribution in [3.63, 3.8) is 0 Å². The number of benzene rings is 1. The lowest BCUT2D eigenvalue weighted by atomic mass is 10.1. The third-order valence-corrected chi connectivity index (χ3v) is 3.04. The van der Waals surface area contributed by atoms with E-state index in [-0.39, 0.29) is 11.9 Å². The second-order valence-electron chi connectivity index (χ2n) is 4.30. The maximum absolute atomic E-state index is 11.8. The molecule has 1 aromatic carbocycles. The van der Waals surface area contributed by atoms with Gasteiger partial charge in [0.25, 0.3) is 0 Å². The summed E-state index contributed by atoms with van der Waals surface area (Å²) in [7, 11) is 1.79. The molecule has 0 aliphatic heterocycles. The Morgan fingerprint density at radius 1 is 1.05 bits per heavy atom. The predicted molar refractivity (Wildman–Crippen MR) is 74.8 cm³/mol. The molecule has 0 N–H and O–H groups in total. The van der Waals surface area contributed by atoms with E-state index in [0.29, 0.717) is 24.5 Å². The van der Waals surface area contributed by atoms with Crippen LogP contribution in [0.15, 0.2) is 24.3 Å². The van der Waals surface area contributed by atoms with E-state index in [0.717, 1.165) is 10.9 Å². The number of ether oxygens (including phenoxy) is 2. The van der Waals surface area contributed by atoms with E-state index < -0.39 is 0 Å². The third-order valence-electron chi connectivity index (χ3n) is 3.04. The van der Waals surface area contributed by atoms with E-state index in [9.17, 15) is 9.59 Å². The van der Waals surface area contributed by atoms with Crippen LogP contribution in [0, 0.1) is 0 Å². The van der Waals surface area contributed by atoms with Gasteiger partial charge in [-0.1, -0.05) is 0 Å². The molecule has 5 heteroatoms. The molecule has 0 saturated carbocycles. The highest BCUT2D eigenvalue weighted by Crippen LogP contribution is 2.21. The molecule has 0 aliphatic rings. The largest absolute Gasteiger partial charge is 0.462 e. The van der Waals surface area contributed by atoms with Gasteiger partial charge in [-0.3, -0.25) is 0 Å². The molecule has 0 fully saturated rings. The minimum atomic E-state index is -0.371. The molecule has 0 spiro atoms. The lowest BCUT2D eigenvalue weighted by Gasteiger charge is -2.04. The van der Waals surface area contributed by atoms with Gasteiger partial charge in [-0.25, -0.2) is 9.59 Å². The van der Waals surface area contributed by atoms with Crippen molar-refractivity contribution in [2.24, 2.45) is 7.05 Å². The highest BCUT2D eigenvalue weighted by Gasteiger charge is 2.15. The van der Waals surface area contributed by atoms with Gasteiger partial charge in [0.15, 0.2) is 0 Å². The molecular formula is C15H17NO4. The standard InChI is InChI=1S/C15H17NO4/c1-4-19-14(17)10-6-7-12-11(8-10)9-13(16(12)3)15(18)20-5-2/h6-9H,4-5H2,1-3H3. The van der Waals surface area contributed by atoms with Crippen LogP contribution in [0.4, 0.5) is 0 Å². The molecule has 0 amide bonds. The monoisotopic (exact) mass is 275 g/mol. The van der Waals surface area contributed by atoms with Crippen LogP contribution in [0.3, 0.4) is 0 Å². The quantitative estimate of drug-likeness (QED) is 0.805. The van der Waals surface area contributed by atoms with Crippen LogP contribution in [0.5, 0.6) is 0 Å². The average Bonchev–Trinajstić information content (AvgIpc) is 2.76. The first-order valence-electron chi connectivity index (χ1n) is 6.52. The molecule has 1 heterocycles. The molecule has 20 heavy (non-hydrogen) atoms. The van der Waals surface area contributed by atoms with E-state index in [1.807, 2.05) is 0 Å². The van der Waals surface area contributed by atoms with Gasteiger partial charge in [0, 0.05) is 18.0 Å². The smallest absolute Gasteiger partial charge is 0.354 e. The fourth-order valence-corrected chi connectivity index (χ4v) is 2.09. The number of aryl methyl sites for hydroxylation is 1. The molecular weight excluding hydrogens is 258 g/mol. The molecule has 2 aromatic rings. The normalized spacial score (nSPS) is 10.6. The summed E-state index contributed by atoms with van der Waals surface area (Å²) in [6.07, 6.45) is 0. The van der Waals surface area contributed by atoms with Gasteiger partial charge in [-0.05, 0) is 38.1 Å². The molecule has 106 valence electrons. The van der Waals surface area contributed by atoms with Gasteiger partial charge in [0.2, 0.25) is 0 Å². The van der Waals surface area contributed by atoms with Gasteiger partial charge >= 0.3 is 11.9 Å². The van der Waals surface area contributed by atoms with Crippen molar-refractivity contribution < 1.29 is 19.1 Å². The topological polar surface area (TPSA) is 57.5 Å². The minimum Gasteiger partial charge on any atom is -0.462 e. The van der Waals surface area contributed by atoms with E-state index in [1.54, 1.807) is 49.7 Å². The Morgan fingerprint density at radius 2 is 1.70 bits per heavy atom. The summed E-state index contributed by atoms with van der Waals surface area (Å²) in [5, 5.41) is 0.807. The summed E-state index contributed by atoms with van der Waals surface area (Å²) >= 11 is 0. The van der Waals surface area contributed by atoms with Gasteiger partial charge in [0.05, 0.1) is 18.8 Å². The fourth-order valence-electron chi connectivity index (χ4n) is 2.09. The van der Waals surface area contributed by atoms with Crippen molar-refractivity contribution in [2.75, 3.05) is 13.2 Å². The first-order valence-corrected chi connectivity index (χ1v) is 6.52. The van der Waals surface area contributed by atoms with Crippen LogP contribution in [0.1, 0.15) is 34.7 Å². The molecule has 1 aromatic heterocycles. The Kier molecular flexibility index (Phi) is 4.08. The summed E-state index contributed by atoms with van der Waals surface area (Å²) in [5.41, 5.74) is 1.80. The number of esters is 2. The predicted octanol–water partition coefficient (Wildman–Crippen LogP) is 2.53. The van der Waals surface area contributed by atoms with E-state index in [1.165, 1.54) is 0 Å². The number of carbonyl (C=O) groups is 2. The number of hydrogen-bond acceptors (Lipinski definition) is 4. The molecule has 0 radical (unpaired) electrons. The highest BCUT2D eigenvalue weighted by molar-refractivity contribution is 5.99. The van der Waals surface area contributed by atoms with Crippen molar-refractivity contribution in [1.29, 1.82) is 0 Å². The zero-order valence-corrected chi connectivity index (χ0v) is 11.8. The summed E-state index contributed by atoms with van der Waals surface area (Å²) in [6, 6.07) is 6.92. The summed E-state index contributed by atoms with van der Waals surface area (Å²) in [5.74, 6) is -0.736. The van der Waals surface area contributed by atoms with Gasteiger partial charge in [-0.15, -0.1) is 0 Å². The molecule has 2 rings (SSSR count). The van der Waals surface area contributed by atoms with Crippen molar-refractivity contribution in [1.82, 2.24) is 4.57 Å². The van der Waals surface area contributed by atoms with E-state index in [4.69, 9.17) is 9.47 Å². The van der Waals surface area contributed by atoms with Crippen LogP contribution in [-0.2, 0) is 16.5 Å². The van der Waals surface area contributed by atoms with Gasteiger partial charge in [-0.2, -0.15) is 0 Å². The molecule has 5 nitrogen and oxygen atoms in total. The molecule has 0 atom stereocenters. The van der Waals surface area contributed by atoms with E-state index >= 15 is 0 Å². The zero-order chi connectivity index (χ0) is 14.7. The average molecular weight is 275 g/mol. The Balaban J connectivity index is 2.44. The lowest BCUT2D eigenvalue weighted by Crippen LogP contribution is -2.09. The SMILES string of the molecule is CCOC(=O)c1ccc2c(c1)cc(C(=O)OCC)n2C. The Labute approximate surface area is 117 Å².